The Kier molecular flexibility index (Phi) is 24.5. The highest BCUT2D eigenvalue weighted by molar-refractivity contribution is 5.95. The van der Waals surface area contributed by atoms with E-state index in [0.29, 0.717) is 30.3 Å². The Morgan fingerprint density at radius 3 is 1.72 bits per heavy atom. The van der Waals surface area contributed by atoms with Crippen molar-refractivity contribution < 1.29 is 38.5 Å². The van der Waals surface area contributed by atoms with Gasteiger partial charge in [-0.3, -0.25) is 0 Å². The van der Waals surface area contributed by atoms with Gasteiger partial charge in [0.05, 0.1) is 25.9 Å². The highest BCUT2D eigenvalue weighted by atomic mass is 16.5. The van der Waals surface area contributed by atoms with E-state index in [1.54, 1.807) is 13.8 Å². The van der Waals surface area contributed by atoms with Gasteiger partial charge in [-0.25, -0.2) is 19.2 Å². The first-order valence-electron chi connectivity index (χ1n) is 12.1. The van der Waals surface area contributed by atoms with Crippen LogP contribution in [0.5, 0.6) is 0 Å². The maximum Gasteiger partial charge on any atom is 0.337 e. The summed E-state index contributed by atoms with van der Waals surface area (Å²) in [6.07, 6.45) is 7.45. The summed E-state index contributed by atoms with van der Waals surface area (Å²) in [5.74, 6) is -1.88. The number of esters is 3. The van der Waals surface area contributed by atoms with Crippen molar-refractivity contribution >= 4 is 23.9 Å². The van der Waals surface area contributed by atoms with Crippen LogP contribution >= 0.6 is 0 Å². The molecule has 8 heteroatoms. The molecule has 1 unspecified atom stereocenters. The number of aliphatic carboxylic acids is 1. The summed E-state index contributed by atoms with van der Waals surface area (Å²) in [6, 6.07) is 0. The first kappa shape index (κ1) is 37.4. The molecule has 1 N–H and O–H groups in total. The zero-order valence-electron chi connectivity index (χ0n) is 23.2. The Hall–Kier alpha value is -3.16. The van der Waals surface area contributed by atoms with E-state index in [9.17, 15) is 19.2 Å². The summed E-state index contributed by atoms with van der Waals surface area (Å²) in [5.41, 5.74) is 1.05. The topological polar surface area (TPSA) is 116 Å². The van der Waals surface area contributed by atoms with Gasteiger partial charge in [-0.2, -0.15) is 0 Å². The minimum Gasteiger partial charge on any atom is -0.478 e. The highest BCUT2D eigenvalue weighted by Crippen LogP contribution is 2.14. The van der Waals surface area contributed by atoms with Gasteiger partial charge in [0.1, 0.15) is 0 Å². The highest BCUT2D eigenvalue weighted by Gasteiger charge is 2.12. The SMILES string of the molecule is C=C(C)C(=O)OC.C=C(C)C(=O)OCCCC.C=C(C=C(C)C(=O)O)C(=O)OCC(CC)CCCC. The van der Waals surface area contributed by atoms with E-state index < -0.39 is 11.9 Å². The molecule has 0 amide bonds. The van der Waals surface area contributed by atoms with Crippen molar-refractivity contribution in [2.45, 2.75) is 80.1 Å². The fourth-order valence-electron chi connectivity index (χ4n) is 2.17. The second-order valence-electron chi connectivity index (χ2n) is 8.21. The first-order chi connectivity index (χ1) is 16.8. The number of carboxylic acids is 1. The molecule has 8 nitrogen and oxygen atoms in total. The van der Waals surface area contributed by atoms with Crippen molar-refractivity contribution in [1.82, 2.24) is 0 Å². The standard InChI is InChI=1S/C15H24O4.C8H14O2.C5H8O2/c1-5-7-8-13(6-2)10-19-15(18)12(4)9-11(3)14(16)17;1-4-5-6-10-8(9)7(2)3;1-4(2)5(6)7-3/h9,13H,4-8,10H2,1-3H3,(H,16,17);2,4-6H2,1,3H3;1H2,2-3H3. The Morgan fingerprint density at radius 2 is 1.36 bits per heavy atom. The van der Waals surface area contributed by atoms with Gasteiger partial charge in [-0.15, -0.1) is 0 Å². The maximum absolute atomic E-state index is 11.6. The molecule has 0 aromatic carbocycles. The van der Waals surface area contributed by atoms with E-state index in [-0.39, 0.29) is 23.1 Å². The molecule has 0 radical (unpaired) electrons. The molecule has 206 valence electrons. The number of carbonyl (C=O) groups is 4. The molecule has 0 aliphatic heterocycles. The van der Waals surface area contributed by atoms with Crippen LogP contribution in [0.15, 0.2) is 48.1 Å². The van der Waals surface area contributed by atoms with E-state index in [1.165, 1.54) is 20.1 Å². The Morgan fingerprint density at radius 1 is 0.833 bits per heavy atom. The lowest BCUT2D eigenvalue weighted by atomic mass is 10.0. The summed E-state index contributed by atoms with van der Waals surface area (Å²) in [5, 5.41) is 8.70. The van der Waals surface area contributed by atoms with Crippen LogP contribution in [0.2, 0.25) is 0 Å². The molecule has 0 bridgehead atoms. The molecule has 0 aliphatic carbocycles. The average molecular weight is 511 g/mol. The molecule has 0 aliphatic rings. The third-order valence-electron chi connectivity index (χ3n) is 4.60. The van der Waals surface area contributed by atoms with Crippen molar-refractivity contribution in [3.63, 3.8) is 0 Å². The van der Waals surface area contributed by atoms with E-state index >= 15 is 0 Å². The predicted octanol–water partition coefficient (Wildman–Crippen LogP) is 5.97. The van der Waals surface area contributed by atoms with Crippen LogP contribution in [0.4, 0.5) is 0 Å². The van der Waals surface area contributed by atoms with Gasteiger partial charge in [0.15, 0.2) is 0 Å². The fourth-order valence-corrected chi connectivity index (χ4v) is 2.17. The summed E-state index contributed by atoms with van der Waals surface area (Å²) in [4.78, 5) is 43.1. The predicted molar refractivity (Wildman–Crippen MR) is 142 cm³/mol. The molecule has 0 saturated heterocycles. The molecule has 0 heterocycles. The number of rotatable bonds is 14. The van der Waals surface area contributed by atoms with Crippen LogP contribution in [0.25, 0.3) is 0 Å². The Balaban J connectivity index is -0.000000532. The number of carbonyl (C=O) groups excluding carboxylic acids is 3. The van der Waals surface area contributed by atoms with Crippen LogP contribution in [0.3, 0.4) is 0 Å². The van der Waals surface area contributed by atoms with Crippen LogP contribution in [0, 0.1) is 5.92 Å². The van der Waals surface area contributed by atoms with Gasteiger partial charge in [-0.05, 0) is 45.6 Å². The van der Waals surface area contributed by atoms with Crippen LogP contribution in [-0.4, -0.2) is 49.3 Å². The average Bonchev–Trinajstić information content (AvgIpc) is 2.83. The molecule has 0 rings (SSSR count). The molecule has 0 spiro atoms. The second-order valence-corrected chi connectivity index (χ2v) is 8.21. The molecule has 0 fully saturated rings. The zero-order chi connectivity index (χ0) is 28.7. The minimum absolute atomic E-state index is 0.0694. The quantitative estimate of drug-likeness (QED) is 0.0998. The van der Waals surface area contributed by atoms with Crippen molar-refractivity contribution in [1.29, 1.82) is 0 Å². The minimum atomic E-state index is -1.07. The Labute approximate surface area is 217 Å². The lowest BCUT2D eigenvalue weighted by Crippen LogP contribution is -2.14. The maximum atomic E-state index is 11.6. The molecular weight excluding hydrogens is 464 g/mol. The smallest absolute Gasteiger partial charge is 0.337 e. The number of unbranched alkanes of at least 4 members (excludes halogenated alkanes) is 2. The van der Waals surface area contributed by atoms with Gasteiger partial charge in [0, 0.05) is 16.7 Å². The molecule has 0 saturated carbocycles. The summed E-state index contributed by atoms with van der Waals surface area (Å²) < 4.78 is 14.2. The summed E-state index contributed by atoms with van der Waals surface area (Å²) in [7, 11) is 1.33. The summed E-state index contributed by atoms with van der Waals surface area (Å²) >= 11 is 0. The largest absolute Gasteiger partial charge is 0.478 e. The van der Waals surface area contributed by atoms with E-state index in [4.69, 9.17) is 14.6 Å². The molecule has 0 aromatic rings. The van der Waals surface area contributed by atoms with Crippen molar-refractivity contribution in [2.24, 2.45) is 5.92 Å². The van der Waals surface area contributed by atoms with Gasteiger partial charge < -0.3 is 19.3 Å². The number of carboxylic acid groups (broad SMARTS) is 1. The van der Waals surface area contributed by atoms with Crippen molar-refractivity contribution in [3.8, 4) is 0 Å². The number of ether oxygens (including phenoxy) is 3. The molecule has 0 aromatic heterocycles. The number of hydrogen-bond acceptors (Lipinski definition) is 7. The van der Waals surface area contributed by atoms with E-state index in [1.807, 2.05) is 0 Å². The molecule has 36 heavy (non-hydrogen) atoms. The third kappa shape index (κ3) is 22.6. The second kappa shape index (κ2) is 23.6. The number of hydrogen-bond donors (Lipinski definition) is 1. The van der Waals surface area contributed by atoms with Crippen LogP contribution < -0.4 is 0 Å². The lowest BCUT2D eigenvalue weighted by Gasteiger charge is -2.14. The van der Waals surface area contributed by atoms with Crippen LogP contribution in [-0.2, 0) is 33.4 Å². The number of methoxy groups -OCH3 is 1. The van der Waals surface area contributed by atoms with E-state index in [0.717, 1.165) is 38.5 Å². The molecular formula is C28H46O8. The zero-order valence-corrected chi connectivity index (χ0v) is 23.2. The first-order valence-corrected chi connectivity index (χ1v) is 12.1. The van der Waals surface area contributed by atoms with Crippen molar-refractivity contribution in [3.05, 3.63) is 48.1 Å². The van der Waals surface area contributed by atoms with Gasteiger partial charge in [0.2, 0.25) is 0 Å². The van der Waals surface area contributed by atoms with Crippen LogP contribution in [0.1, 0.15) is 80.1 Å². The van der Waals surface area contributed by atoms with Gasteiger partial charge in [0.25, 0.3) is 0 Å². The fraction of sp³-hybridized carbons (Fsp3) is 0.571. The lowest BCUT2D eigenvalue weighted by molar-refractivity contribution is -0.140. The summed E-state index contributed by atoms with van der Waals surface area (Å²) in [6.45, 7) is 22.1. The van der Waals surface area contributed by atoms with Gasteiger partial charge in [-0.1, -0.05) is 66.2 Å². The monoisotopic (exact) mass is 510 g/mol. The van der Waals surface area contributed by atoms with E-state index in [2.05, 4.69) is 45.2 Å². The Bertz CT molecular complexity index is 762. The van der Waals surface area contributed by atoms with Crippen molar-refractivity contribution in [2.75, 3.05) is 20.3 Å². The molecule has 1 atom stereocenters. The van der Waals surface area contributed by atoms with Gasteiger partial charge >= 0.3 is 23.9 Å². The normalized spacial score (nSPS) is 10.8. The third-order valence-corrected chi connectivity index (χ3v) is 4.60.